The molecule has 1 amide bonds. The number of aromatic nitrogens is 4. The SMILES string of the molecule is CCC(NC(=O)c1cc(-c2ccc(Cl)cc2)nn(-c2cnn(C)c2)c1=O)c1ccc(F)cc1. The first-order valence-corrected chi connectivity index (χ1v) is 10.7. The van der Waals surface area contributed by atoms with Gasteiger partial charge in [-0.3, -0.25) is 14.3 Å². The number of benzene rings is 2. The minimum Gasteiger partial charge on any atom is -0.345 e. The molecule has 0 radical (unpaired) electrons. The van der Waals surface area contributed by atoms with Crippen molar-refractivity contribution in [3.63, 3.8) is 0 Å². The molecule has 2 aromatic heterocycles. The summed E-state index contributed by atoms with van der Waals surface area (Å²) in [6.07, 6.45) is 3.69. The van der Waals surface area contributed by atoms with Crippen molar-refractivity contribution in [2.24, 2.45) is 7.05 Å². The van der Waals surface area contributed by atoms with Crippen molar-refractivity contribution in [3.8, 4) is 16.9 Å². The van der Waals surface area contributed by atoms with Crippen LogP contribution in [0.5, 0.6) is 0 Å². The number of nitrogens with zero attached hydrogens (tertiary/aromatic N) is 4. The summed E-state index contributed by atoms with van der Waals surface area (Å²) in [5.41, 5.74) is 1.64. The molecule has 4 rings (SSSR count). The summed E-state index contributed by atoms with van der Waals surface area (Å²) >= 11 is 6.00. The minimum atomic E-state index is -0.577. The first kappa shape index (κ1) is 22.4. The molecule has 0 bridgehead atoms. The third-order valence-electron chi connectivity index (χ3n) is 5.22. The van der Waals surface area contributed by atoms with E-state index in [-0.39, 0.29) is 11.4 Å². The number of rotatable bonds is 6. The predicted molar refractivity (Wildman–Crippen MR) is 124 cm³/mol. The highest BCUT2D eigenvalue weighted by atomic mass is 35.5. The lowest BCUT2D eigenvalue weighted by Crippen LogP contribution is -2.35. The molecule has 1 unspecified atom stereocenters. The maximum atomic E-state index is 13.3. The Hall–Kier alpha value is -3.78. The van der Waals surface area contributed by atoms with Gasteiger partial charge in [0.05, 0.1) is 24.1 Å². The molecule has 0 fully saturated rings. The molecule has 0 aliphatic rings. The second-order valence-electron chi connectivity index (χ2n) is 7.53. The van der Waals surface area contributed by atoms with Crippen molar-refractivity contribution in [2.45, 2.75) is 19.4 Å². The predicted octanol–water partition coefficient (Wildman–Crippen LogP) is 4.31. The molecule has 0 aliphatic carbocycles. The molecular weight excluding hydrogens is 445 g/mol. The largest absolute Gasteiger partial charge is 0.345 e. The molecule has 1 N–H and O–H groups in total. The van der Waals surface area contributed by atoms with Gasteiger partial charge in [-0.05, 0) is 42.3 Å². The zero-order chi connectivity index (χ0) is 23.5. The van der Waals surface area contributed by atoms with E-state index in [9.17, 15) is 14.0 Å². The number of carbonyl (C=O) groups excluding carboxylic acids is 1. The third-order valence-corrected chi connectivity index (χ3v) is 5.47. The molecule has 0 aliphatic heterocycles. The summed E-state index contributed by atoms with van der Waals surface area (Å²) in [5, 5.41) is 12.0. The van der Waals surface area contributed by atoms with Gasteiger partial charge < -0.3 is 5.32 Å². The summed E-state index contributed by atoms with van der Waals surface area (Å²) in [6.45, 7) is 1.90. The summed E-state index contributed by atoms with van der Waals surface area (Å²) in [6, 6.07) is 13.9. The van der Waals surface area contributed by atoms with E-state index in [2.05, 4.69) is 15.5 Å². The van der Waals surface area contributed by atoms with E-state index in [0.29, 0.717) is 28.4 Å². The third kappa shape index (κ3) is 4.85. The highest BCUT2D eigenvalue weighted by molar-refractivity contribution is 6.30. The molecule has 33 heavy (non-hydrogen) atoms. The summed E-state index contributed by atoms with van der Waals surface area (Å²) in [4.78, 5) is 26.5. The smallest absolute Gasteiger partial charge is 0.284 e. The quantitative estimate of drug-likeness (QED) is 0.460. The van der Waals surface area contributed by atoms with Gasteiger partial charge in [0.1, 0.15) is 17.1 Å². The van der Waals surface area contributed by atoms with Crippen LogP contribution in [-0.4, -0.2) is 25.5 Å². The van der Waals surface area contributed by atoms with Crippen LogP contribution in [-0.2, 0) is 7.05 Å². The lowest BCUT2D eigenvalue weighted by atomic mass is 10.0. The van der Waals surface area contributed by atoms with Crippen LogP contribution in [0.25, 0.3) is 16.9 Å². The van der Waals surface area contributed by atoms with Crippen molar-refractivity contribution >= 4 is 17.5 Å². The molecule has 2 heterocycles. The Labute approximate surface area is 194 Å². The summed E-state index contributed by atoms with van der Waals surface area (Å²) in [5.74, 6) is -0.910. The molecular formula is C24H21ClFN5O2. The van der Waals surface area contributed by atoms with Gasteiger partial charge in [0, 0.05) is 17.6 Å². The normalized spacial score (nSPS) is 11.9. The molecule has 168 valence electrons. The van der Waals surface area contributed by atoms with Gasteiger partial charge in [0.15, 0.2) is 0 Å². The average molecular weight is 466 g/mol. The minimum absolute atomic E-state index is 0.0700. The van der Waals surface area contributed by atoms with Crippen LogP contribution in [0, 0.1) is 5.82 Å². The van der Waals surface area contributed by atoms with Gasteiger partial charge in [-0.2, -0.15) is 14.9 Å². The standard InChI is InChI=1S/C24H21ClFN5O2/c1-3-21(15-6-10-18(26)11-7-15)28-23(32)20-12-22(16-4-8-17(25)9-5-16)29-31(24(20)33)19-13-27-30(2)14-19/h4-14,21H,3H2,1-2H3,(H,28,32). The fourth-order valence-corrected chi connectivity index (χ4v) is 3.59. The van der Waals surface area contributed by atoms with Crippen LogP contribution >= 0.6 is 11.6 Å². The number of aryl methyl sites for hydroxylation is 1. The maximum absolute atomic E-state index is 13.3. The Morgan fingerprint density at radius 1 is 1.15 bits per heavy atom. The summed E-state index contributed by atoms with van der Waals surface area (Å²) in [7, 11) is 1.72. The molecule has 4 aromatic rings. The van der Waals surface area contributed by atoms with Crippen LogP contribution in [0.2, 0.25) is 5.02 Å². The van der Waals surface area contributed by atoms with Gasteiger partial charge in [-0.15, -0.1) is 0 Å². The first-order valence-electron chi connectivity index (χ1n) is 10.3. The van der Waals surface area contributed by atoms with Gasteiger partial charge >= 0.3 is 0 Å². The maximum Gasteiger partial charge on any atom is 0.284 e. The molecule has 0 saturated heterocycles. The van der Waals surface area contributed by atoms with Crippen molar-refractivity contribution in [1.82, 2.24) is 24.9 Å². The van der Waals surface area contributed by atoms with Crippen LogP contribution in [0.4, 0.5) is 4.39 Å². The van der Waals surface area contributed by atoms with Gasteiger partial charge in [-0.25, -0.2) is 4.39 Å². The van der Waals surface area contributed by atoms with E-state index >= 15 is 0 Å². The van der Waals surface area contributed by atoms with Crippen LogP contribution in [0.1, 0.15) is 35.3 Å². The molecule has 0 spiro atoms. The lowest BCUT2D eigenvalue weighted by molar-refractivity contribution is 0.0933. The van der Waals surface area contributed by atoms with Gasteiger partial charge in [0.2, 0.25) is 0 Å². The fraction of sp³-hybridized carbons (Fsp3) is 0.167. The van der Waals surface area contributed by atoms with Gasteiger partial charge in [0.25, 0.3) is 11.5 Å². The topological polar surface area (TPSA) is 81.8 Å². The number of hydrogen-bond acceptors (Lipinski definition) is 4. The molecule has 2 aromatic carbocycles. The Kier molecular flexibility index (Phi) is 6.37. The molecule has 0 saturated carbocycles. The number of carbonyl (C=O) groups is 1. The number of amides is 1. The van der Waals surface area contributed by atoms with Crippen molar-refractivity contribution in [3.05, 3.63) is 99.3 Å². The average Bonchev–Trinajstić information content (AvgIpc) is 3.24. The van der Waals surface area contributed by atoms with Crippen molar-refractivity contribution in [1.29, 1.82) is 0 Å². The van der Waals surface area contributed by atoms with Crippen molar-refractivity contribution in [2.75, 3.05) is 0 Å². The molecule has 7 nitrogen and oxygen atoms in total. The van der Waals surface area contributed by atoms with Crippen molar-refractivity contribution < 1.29 is 9.18 Å². The van der Waals surface area contributed by atoms with E-state index in [1.807, 2.05) is 6.92 Å². The Balaban J connectivity index is 1.78. The fourth-order valence-electron chi connectivity index (χ4n) is 3.46. The highest BCUT2D eigenvalue weighted by Crippen LogP contribution is 2.21. The van der Waals surface area contributed by atoms with E-state index in [4.69, 9.17) is 11.6 Å². The van der Waals surface area contributed by atoms with E-state index < -0.39 is 17.5 Å². The monoisotopic (exact) mass is 465 g/mol. The zero-order valence-corrected chi connectivity index (χ0v) is 18.8. The summed E-state index contributed by atoms with van der Waals surface area (Å²) < 4.78 is 16.0. The Morgan fingerprint density at radius 3 is 2.45 bits per heavy atom. The van der Waals surface area contributed by atoms with E-state index in [1.165, 1.54) is 24.4 Å². The van der Waals surface area contributed by atoms with Crippen LogP contribution in [0.3, 0.4) is 0 Å². The molecule has 9 heteroatoms. The number of nitrogens with one attached hydrogen (secondary N) is 1. The highest BCUT2D eigenvalue weighted by Gasteiger charge is 2.21. The number of hydrogen-bond donors (Lipinski definition) is 1. The molecule has 1 atom stereocenters. The Bertz CT molecular complexity index is 1350. The van der Waals surface area contributed by atoms with E-state index in [1.54, 1.807) is 54.3 Å². The zero-order valence-electron chi connectivity index (χ0n) is 18.0. The van der Waals surface area contributed by atoms with Gasteiger partial charge in [-0.1, -0.05) is 42.8 Å². The second kappa shape index (κ2) is 9.38. The lowest BCUT2D eigenvalue weighted by Gasteiger charge is -2.18. The first-order chi connectivity index (χ1) is 15.9. The van der Waals surface area contributed by atoms with Crippen LogP contribution < -0.4 is 10.9 Å². The second-order valence-corrected chi connectivity index (χ2v) is 7.96. The number of halogens is 2. The Morgan fingerprint density at radius 2 is 1.85 bits per heavy atom. The van der Waals surface area contributed by atoms with Crippen LogP contribution in [0.15, 0.2) is 71.8 Å². The van der Waals surface area contributed by atoms with E-state index in [0.717, 1.165) is 10.2 Å².